The van der Waals surface area contributed by atoms with Crippen molar-refractivity contribution >= 4 is 0 Å². The van der Waals surface area contributed by atoms with Crippen LogP contribution in [0.4, 0.5) is 0 Å². The zero-order valence-corrected chi connectivity index (χ0v) is 12.5. The molecule has 0 aliphatic rings. The lowest BCUT2D eigenvalue weighted by Crippen LogP contribution is -2.25. The van der Waals surface area contributed by atoms with Crippen LogP contribution in [0.15, 0.2) is 42.5 Å². The van der Waals surface area contributed by atoms with E-state index in [1.165, 1.54) is 11.1 Å². The van der Waals surface area contributed by atoms with Gasteiger partial charge in [-0.3, -0.25) is 0 Å². The molecule has 106 valence electrons. The Balaban J connectivity index is 2.39. The Labute approximate surface area is 120 Å². The molecule has 1 atom stereocenters. The maximum Gasteiger partial charge on any atom is 0.115 e. The van der Waals surface area contributed by atoms with Gasteiger partial charge in [-0.1, -0.05) is 39.0 Å². The number of phenols is 2. The lowest BCUT2D eigenvalue weighted by atomic mass is 9.70. The second kappa shape index (κ2) is 5.20. The molecule has 0 bridgehead atoms. The number of benzene rings is 2. The highest BCUT2D eigenvalue weighted by atomic mass is 16.3. The second-order valence-electron chi connectivity index (χ2n) is 6.03. The predicted octanol–water partition coefficient (Wildman–Crippen LogP) is 4.49. The van der Waals surface area contributed by atoms with Gasteiger partial charge in [-0.15, -0.1) is 0 Å². The first-order valence-corrected chi connectivity index (χ1v) is 6.91. The number of aromatic hydroxyl groups is 2. The van der Waals surface area contributed by atoms with Gasteiger partial charge in [0.15, 0.2) is 0 Å². The van der Waals surface area contributed by atoms with Crippen molar-refractivity contribution in [2.75, 3.05) is 0 Å². The SMILES string of the molecule is Cc1cc(O)ccc1C(C)C(C)(C)c1ccc(O)cc1. The average molecular weight is 270 g/mol. The van der Waals surface area contributed by atoms with Gasteiger partial charge in [-0.2, -0.15) is 0 Å². The van der Waals surface area contributed by atoms with E-state index >= 15 is 0 Å². The molecule has 0 saturated heterocycles. The summed E-state index contributed by atoms with van der Waals surface area (Å²) in [5.74, 6) is 0.895. The molecule has 0 aliphatic heterocycles. The molecule has 0 radical (unpaired) electrons. The zero-order valence-electron chi connectivity index (χ0n) is 12.5. The predicted molar refractivity (Wildman–Crippen MR) is 82.4 cm³/mol. The Morgan fingerprint density at radius 1 is 0.900 bits per heavy atom. The molecule has 0 fully saturated rings. The third kappa shape index (κ3) is 2.64. The largest absolute Gasteiger partial charge is 0.508 e. The smallest absolute Gasteiger partial charge is 0.115 e. The monoisotopic (exact) mass is 270 g/mol. The molecule has 0 heterocycles. The van der Waals surface area contributed by atoms with Crippen molar-refractivity contribution in [2.45, 2.75) is 39.0 Å². The summed E-state index contributed by atoms with van der Waals surface area (Å²) >= 11 is 0. The van der Waals surface area contributed by atoms with E-state index in [2.05, 4.69) is 20.8 Å². The van der Waals surface area contributed by atoms with Crippen molar-refractivity contribution in [3.05, 3.63) is 59.2 Å². The van der Waals surface area contributed by atoms with E-state index in [-0.39, 0.29) is 11.2 Å². The molecule has 0 spiro atoms. The quantitative estimate of drug-likeness (QED) is 0.862. The third-order valence-electron chi connectivity index (χ3n) is 4.41. The minimum atomic E-state index is -0.0601. The molecule has 2 nitrogen and oxygen atoms in total. The van der Waals surface area contributed by atoms with Gasteiger partial charge in [0.05, 0.1) is 0 Å². The van der Waals surface area contributed by atoms with Gasteiger partial charge in [0.1, 0.15) is 11.5 Å². The third-order valence-corrected chi connectivity index (χ3v) is 4.41. The molecule has 2 heteroatoms. The molecule has 2 aromatic rings. The van der Waals surface area contributed by atoms with E-state index in [9.17, 15) is 10.2 Å². The summed E-state index contributed by atoms with van der Waals surface area (Å²) in [5, 5.41) is 19.0. The fourth-order valence-corrected chi connectivity index (χ4v) is 2.68. The van der Waals surface area contributed by atoms with E-state index in [1.54, 1.807) is 24.3 Å². The van der Waals surface area contributed by atoms with Crippen LogP contribution in [0.2, 0.25) is 0 Å². The number of aryl methyl sites for hydroxylation is 1. The van der Waals surface area contributed by atoms with Gasteiger partial charge in [0.25, 0.3) is 0 Å². The Morgan fingerprint density at radius 2 is 1.45 bits per heavy atom. The maximum absolute atomic E-state index is 9.54. The highest BCUT2D eigenvalue weighted by Gasteiger charge is 2.29. The Bertz CT molecular complexity index is 597. The molecular weight excluding hydrogens is 248 g/mol. The lowest BCUT2D eigenvalue weighted by Gasteiger charge is -2.34. The summed E-state index contributed by atoms with van der Waals surface area (Å²) < 4.78 is 0. The van der Waals surface area contributed by atoms with Gasteiger partial charge in [0.2, 0.25) is 0 Å². The van der Waals surface area contributed by atoms with E-state index in [0.717, 1.165) is 5.56 Å². The first-order valence-electron chi connectivity index (χ1n) is 6.91. The van der Waals surface area contributed by atoms with Crippen LogP contribution in [-0.2, 0) is 5.41 Å². The van der Waals surface area contributed by atoms with Crippen LogP contribution < -0.4 is 0 Å². The van der Waals surface area contributed by atoms with Gasteiger partial charge in [-0.25, -0.2) is 0 Å². The van der Waals surface area contributed by atoms with Crippen LogP contribution in [0.5, 0.6) is 11.5 Å². The molecule has 1 unspecified atom stereocenters. The van der Waals surface area contributed by atoms with Gasteiger partial charge in [-0.05, 0) is 59.2 Å². The molecule has 0 amide bonds. The topological polar surface area (TPSA) is 40.5 Å². The Hall–Kier alpha value is -1.96. The van der Waals surface area contributed by atoms with Gasteiger partial charge in [0, 0.05) is 0 Å². The summed E-state index contributed by atoms with van der Waals surface area (Å²) in [4.78, 5) is 0. The number of phenolic OH excluding ortho intramolecular Hbond substituents is 2. The van der Waals surface area contributed by atoms with Crippen LogP contribution in [0.25, 0.3) is 0 Å². The Kier molecular flexibility index (Phi) is 3.76. The number of hydrogen-bond acceptors (Lipinski definition) is 2. The average Bonchev–Trinajstić information content (AvgIpc) is 2.38. The first-order chi connectivity index (χ1) is 9.32. The standard InChI is InChI=1S/C18H22O2/c1-12-11-16(20)9-10-17(12)13(2)18(3,4)14-5-7-15(19)8-6-14/h5-11,13,19-20H,1-4H3. The number of hydrogen-bond donors (Lipinski definition) is 2. The fourth-order valence-electron chi connectivity index (χ4n) is 2.68. The minimum absolute atomic E-state index is 0.0601. The first kappa shape index (κ1) is 14.4. The van der Waals surface area contributed by atoms with Gasteiger partial charge < -0.3 is 10.2 Å². The van der Waals surface area contributed by atoms with Crippen LogP contribution in [0, 0.1) is 6.92 Å². The molecule has 20 heavy (non-hydrogen) atoms. The summed E-state index contributed by atoms with van der Waals surface area (Å²) in [7, 11) is 0. The maximum atomic E-state index is 9.54. The van der Waals surface area contributed by atoms with Crippen LogP contribution >= 0.6 is 0 Å². The Morgan fingerprint density at radius 3 is 2.00 bits per heavy atom. The van der Waals surface area contributed by atoms with Crippen LogP contribution in [0.3, 0.4) is 0 Å². The van der Waals surface area contributed by atoms with Crippen molar-refractivity contribution in [2.24, 2.45) is 0 Å². The van der Waals surface area contributed by atoms with E-state index in [0.29, 0.717) is 11.7 Å². The minimum Gasteiger partial charge on any atom is -0.508 e. The summed E-state index contributed by atoms with van der Waals surface area (Å²) in [5.41, 5.74) is 3.47. The second-order valence-corrected chi connectivity index (χ2v) is 6.03. The lowest BCUT2D eigenvalue weighted by molar-refractivity contribution is 0.431. The molecule has 2 N–H and O–H groups in total. The zero-order chi connectivity index (χ0) is 14.9. The van der Waals surface area contributed by atoms with E-state index < -0.39 is 0 Å². The highest BCUT2D eigenvalue weighted by Crippen LogP contribution is 2.40. The van der Waals surface area contributed by atoms with Crippen molar-refractivity contribution in [3.63, 3.8) is 0 Å². The van der Waals surface area contributed by atoms with E-state index in [1.807, 2.05) is 25.1 Å². The van der Waals surface area contributed by atoms with Crippen molar-refractivity contribution in [1.29, 1.82) is 0 Å². The molecular formula is C18H22O2. The summed E-state index contributed by atoms with van der Waals surface area (Å²) in [6.45, 7) is 8.64. The van der Waals surface area contributed by atoms with Crippen molar-refractivity contribution < 1.29 is 10.2 Å². The normalized spacial score (nSPS) is 13.2. The molecule has 0 saturated carbocycles. The fraction of sp³-hybridized carbons (Fsp3) is 0.333. The van der Waals surface area contributed by atoms with Crippen LogP contribution in [-0.4, -0.2) is 10.2 Å². The highest BCUT2D eigenvalue weighted by molar-refractivity contribution is 5.40. The molecule has 2 aromatic carbocycles. The summed E-state index contributed by atoms with van der Waals surface area (Å²) in [6, 6.07) is 13.0. The van der Waals surface area contributed by atoms with Gasteiger partial charge >= 0.3 is 0 Å². The summed E-state index contributed by atoms with van der Waals surface area (Å²) in [6.07, 6.45) is 0. The van der Waals surface area contributed by atoms with Crippen molar-refractivity contribution in [1.82, 2.24) is 0 Å². The van der Waals surface area contributed by atoms with Crippen LogP contribution in [0.1, 0.15) is 43.4 Å². The molecule has 0 aromatic heterocycles. The van der Waals surface area contributed by atoms with Crippen molar-refractivity contribution in [3.8, 4) is 11.5 Å². The molecule has 0 aliphatic carbocycles. The number of rotatable bonds is 3. The van der Waals surface area contributed by atoms with E-state index in [4.69, 9.17) is 0 Å². The molecule has 2 rings (SSSR count).